The van der Waals surface area contributed by atoms with Crippen LogP contribution >= 0.6 is 11.3 Å². The van der Waals surface area contributed by atoms with E-state index in [1.165, 1.54) is 0 Å². The zero-order chi connectivity index (χ0) is 13.1. The molecule has 1 atom stereocenters. The number of rotatable bonds is 4. The van der Waals surface area contributed by atoms with E-state index in [1.807, 2.05) is 37.4 Å². The molecule has 0 saturated carbocycles. The second kappa shape index (κ2) is 5.50. The molecule has 1 heterocycles. The van der Waals surface area contributed by atoms with E-state index in [9.17, 15) is 5.11 Å². The molecule has 4 heteroatoms. The van der Waals surface area contributed by atoms with E-state index in [1.54, 1.807) is 18.4 Å². The number of aliphatic hydroxyl groups excluding tert-OH is 1. The first kappa shape index (κ1) is 13.1. The van der Waals surface area contributed by atoms with E-state index < -0.39 is 6.10 Å². The number of hydrogen-bond acceptors (Lipinski definition) is 4. The van der Waals surface area contributed by atoms with Crippen LogP contribution < -0.4 is 4.74 Å². The van der Waals surface area contributed by atoms with Gasteiger partial charge in [0.1, 0.15) is 5.75 Å². The Kier molecular flexibility index (Phi) is 3.99. The van der Waals surface area contributed by atoms with Crippen LogP contribution in [0.5, 0.6) is 5.75 Å². The van der Waals surface area contributed by atoms with Crippen LogP contribution in [0.2, 0.25) is 0 Å². The maximum atomic E-state index is 10.3. The van der Waals surface area contributed by atoms with Gasteiger partial charge in [-0.25, -0.2) is 4.98 Å². The summed E-state index contributed by atoms with van der Waals surface area (Å²) in [7, 11) is 1.62. The maximum absolute atomic E-state index is 10.3. The van der Waals surface area contributed by atoms with Gasteiger partial charge >= 0.3 is 0 Å². The first-order valence-electron chi connectivity index (χ1n) is 5.83. The van der Waals surface area contributed by atoms with Crippen LogP contribution in [0, 0.1) is 13.8 Å². The minimum Gasteiger partial charge on any atom is -0.496 e. The first-order valence-corrected chi connectivity index (χ1v) is 6.71. The molecule has 1 aromatic carbocycles. The van der Waals surface area contributed by atoms with Gasteiger partial charge in [0, 0.05) is 23.1 Å². The second-order valence-corrected chi connectivity index (χ2v) is 5.29. The number of nitrogens with zero attached hydrogens (tertiary/aromatic N) is 1. The van der Waals surface area contributed by atoms with Gasteiger partial charge in [0.2, 0.25) is 0 Å². The van der Waals surface area contributed by atoms with Gasteiger partial charge in [-0.05, 0) is 26.0 Å². The van der Waals surface area contributed by atoms with Crippen molar-refractivity contribution < 1.29 is 9.84 Å². The lowest BCUT2D eigenvalue weighted by Gasteiger charge is -2.14. The highest BCUT2D eigenvalue weighted by Gasteiger charge is 2.15. The Hall–Kier alpha value is -1.39. The number of thiazole rings is 1. The molecule has 1 unspecified atom stereocenters. The third kappa shape index (κ3) is 2.89. The molecule has 0 fully saturated rings. The van der Waals surface area contributed by atoms with Gasteiger partial charge in [-0.15, -0.1) is 11.3 Å². The van der Waals surface area contributed by atoms with E-state index >= 15 is 0 Å². The molecule has 1 N–H and O–H groups in total. The molecule has 96 valence electrons. The monoisotopic (exact) mass is 263 g/mol. The van der Waals surface area contributed by atoms with Crippen LogP contribution in [0.1, 0.15) is 27.9 Å². The van der Waals surface area contributed by atoms with E-state index in [2.05, 4.69) is 4.98 Å². The number of aromatic nitrogens is 1. The molecule has 0 amide bonds. The minimum absolute atomic E-state index is 0.526. The Morgan fingerprint density at radius 3 is 2.78 bits per heavy atom. The van der Waals surface area contributed by atoms with Crippen molar-refractivity contribution >= 4 is 11.3 Å². The van der Waals surface area contributed by atoms with Crippen molar-refractivity contribution in [2.75, 3.05) is 7.11 Å². The summed E-state index contributed by atoms with van der Waals surface area (Å²) < 4.78 is 5.29. The molecule has 1 aromatic heterocycles. The van der Waals surface area contributed by atoms with E-state index in [0.29, 0.717) is 6.42 Å². The molecule has 2 aromatic rings. The molecule has 2 rings (SSSR count). The molecule has 0 aliphatic heterocycles. The highest BCUT2D eigenvalue weighted by molar-refractivity contribution is 7.09. The average molecular weight is 263 g/mol. The largest absolute Gasteiger partial charge is 0.496 e. The van der Waals surface area contributed by atoms with Crippen molar-refractivity contribution in [1.29, 1.82) is 0 Å². The molecular weight excluding hydrogens is 246 g/mol. The third-order valence-corrected chi connectivity index (χ3v) is 3.77. The van der Waals surface area contributed by atoms with Crippen molar-refractivity contribution in [2.24, 2.45) is 0 Å². The highest BCUT2D eigenvalue weighted by Crippen LogP contribution is 2.29. The van der Waals surface area contributed by atoms with E-state index in [4.69, 9.17) is 4.74 Å². The molecule has 0 radical (unpaired) electrons. The number of hydrogen-bond donors (Lipinski definition) is 1. The molecule has 0 spiro atoms. The summed E-state index contributed by atoms with van der Waals surface area (Å²) in [6, 6.07) is 5.83. The molecule has 3 nitrogen and oxygen atoms in total. The lowest BCUT2D eigenvalue weighted by molar-refractivity contribution is 0.174. The molecule has 0 bridgehead atoms. The zero-order valence-corrected chi connectivity index (χ0v) is 11.6. The first-order chi connectivity index (χ1) is 8.60. The SMILES string of the molecule is COc1ccc(C)cc1C(O)Cc1nc(C)cs1. The van der Waals surface area contributed by atoms with Crippen molar-refractivity contribution in [1.82, 2.24) is 4.98 Å². The van der Waals surface area contributed by atoms with Crippen LogP contribution in [-0.4, -0.2) is 17.2 Å². The van der Waals surface area contributed by atoms with E-state index in [-0.39, 0.29) is 0 Å². The fourth-order valence-corrected chi connectivity index (χ4v) is 2.70. The number of benzene rings is 1. The quantitative estimate of drug-likeness (QED) is 0.922. The van der Waals surface area contributed by atoms with Gasteiger partial charge in [-0.1, -0.05) is 11.6 Å². The number of ether oxygens (including phenoxy) is 1. The molecule has 0 saturated heterocycles. The summed E-state index contributed by atoms with van der Waals surface area (Å²) in [5, 5.41) is 13.2. The van der Waals surface area contributed by atoms with Crippen LogP contribution in [0.15, 0.2) is 23.6 Å². The average Bonchev–Trinajstić information content (AvgIpc) is 2.74. The van der Waals surface area contributed by atoms with Crippen LogP contribution in [0.25, 0.3) is 0 Å². The number of methoxy groups -OCH3 is 1. The predicted molar refractivity (Wildman–Crippen MR) is 73.2 cm³/mol. The van der Waals surface area contributed by atoms with Crippen LogP contribution in [0.4, 0.5) is 0 Å². The summed E-state index contributed by atoms with van der Waals surface area (Å²) in [5.41, 5.74) is 2.93. The normalized spacial score (nSPS) is 12.4. The van der Waals surface area contributed by atoms with Crippen LogP contribution in [-0.2, 0) is 6.42 Å². The summed E-state index contributed by atoms with van der Waals surface area (Å²) in [6.07, 6.45) is -0.0522. The lowest BCUT2D eigenvalue weighted by atomic mass is 10.0. The molecule has 0 aliphatic carbocycles. The topological polar surface area (TPSA) is 42.4 Å². The van der Waals surface area contributed by atoms with Gasteiger partial charge in [0.05, 0.1) is 18.2 Å². The van der Waals surface area contributed by atoms with Gasteiger partial charge in [0.15, 0.2) is 0 Å². The van der Waals surface area contributed by atoms with Gasteiger partial charge in [0.25, 0.3) is 0 Å². The van der Waals surface area contributed by atoms with Gasteiger partial charge in [-0.3, -0.25) is 0 Å². The Morgan fingerprint density at radius 1 is 1.39 bits per heavy atom. The maximum Gasteiger partial charge on any atom is 0.124 e. The van der Waals surface area contributed by atoms with Crippen molar-refractivity contribution in [2.45, 2.75) is 26.4 Å². The lowest BCUT2D eigenvalue weighted by Crippen LogP contribution is -2.04. The summed E-state index contributed by atoms with van der Waals surface area (Å²) in [4.78, 5) is 4.37. The Labute approximate surface area is 111 Å². The predicted octanol–water partition coefficient (Wildman–Crippen LogP) is 3.04. The minimum atomic E-state index is -0.578. The van der Waals surface area contributed by atoms with Crippen molar-refractivity contribution in [3.63, 3.8) is 0 Å². The summed E-state index contributed by atoms with van der Waals surface area (Å²) >= 11 is 1.58. The van der Waals surface area contributed by atoms with E-state index in [0.717, 1.165) is 27.6 Å². The number of aryl methyl sites for hydroxylation is 2. The standard InChI is InChI=1S/C14H17NO2S/c1-9-4-5-13(17-3)11(6-9)12(16)7-14-15-10(2)8-18-14/h4-6,8,12,16H,7H2,1-3H3. The highest BCUT2D eigenvalue weighted by atomic mass is 32.1. The fourth-order valence-electron chi connectivity index (χ4n) is 1.89. The van der Waals surface area contributed by atoms with Crippen LogP contribution in [0.3, 0.4) is 0 Å². The Balaban J connectivity index is 2.22. The molecular formula is C14H17NO2S. The number of aliphatic hydroxyl groups is 1. The Bertz CT molecular complexity index is 536. The van der Waals surface area contributed by atoms with Crippen molar-refractivity contribution in [3.05, 3.63) is 45.4 Å². The summed E-state index contributed by atoms with van der Waals surface area (Å²) in [6.45, 7) is 3.96. The second-order valence-electron chi connectivity index (χ2n) is 4.35. The smallest absolute Gasteiger partial charge is 0.124 e. The van der Waals surface area contributed by atoms with Gasteiger partial charge in [-0.2, -0.15) is 0 Å². The van der Waals surface area contributed by atoms with Gasteiger partial charge < -0.3 is 9.84 Å². The fraction of sp³-hybridized carbons (Fsp3) is 0.357. The third-order valence-electron chi connectivity index (χ3n) is 2.78. The zero-order valence-electron chi connectivity index (χ0n) is 10.8. The summed E-state index contributed by atoms with van der Waals surface area (Å²) in [5.74, 6) is 0.723. The molecule has 0 aliphatic rings. The Morgan fingerprint density at radius 2 is 2.17 bits per heavy atom. The van der Waals surface area contributed by atoms with Crippen molar-refractivity contribution in [3.8, 4) is 5.75 Å². The molecule has 18 heavy (non-hydrogen) atoms.